The molecule has 0 spiro atoms. The number of carbonyl (C=O) groups excluding carboxylic acids is 1. The van der Waals surface area contributed by atoms with Gasteiger partial charge in [0.15, 0.2) is 5.13 Å². The zero-order chi connectivity index (χ0) is 14.8. The van der Waals surface area contributed by atoms with Gasteiger partial charge in [0.2, 0.25) is 0 Å². The zero-order valence-electron chi connectivity index (χ0n) is 11.4. The van der Waals surface area contributed by atoms with Crippen LogP contribution < -0.4 is 11.1 Å². The SMILES string of the molecule is Cc1nc(N)sc1C(=O)NC1(C(=O)O)CCCCCC1. The van der Waals surface area contributed by atoms with Crippen LogP contribution in [0.3, 0.4) is 0 Å². The number of nitrogen functional groups attached to an aromatic ring is 1. The number of aromatic nitrogens is 1. The molecule has 0 radical (unpaired) electrons. The predicted octanol–water partition coefficient (Wildman–Crippen LogP) is 1.94. The maximum absolute atomic E-state index is 12.3. The Kier molecular flexibility index (Phi) is 4.27. The lowest BCUT2D eigenvalue weighted by Gasteiger charge is -2.29. The minimum absolute atomic E-state index is 0.317. The first-order valence-electron chi connectivity index (χ1n) is 6.73. The summed E-state index contributed by atoms with van der Waals surface area (Å²) in [5.41, 5.74) is 4.97. The molecule has 0 aliphatic heterocycles. The van der Waals surface area contributed by atoms with Crippen molar-refractivity contribution in [3.8, 4) is 0 Å². The predicted molar refractivity (Wildman–Crippen MR) is 76.8 cm³/mol. The molecule has 1 saturated carbocycles. The zero-order valence-corrected chi connectivity index (χ0v) is 12.3. The standard InChI is InChI=1S/C13H19N3O3S/c1-8-9(20-12(14)15-8)10(17)16-13(11(18)19)6-4-2-3-5-7-13/h2-7H2,1H3,(H2,14,15)(H,16,17)(H,18,19). The average Bonchev–Trinajstić information content (AvgIpc) is 2.60. The molecule has 4 N–H and O–H groups in total. The van der Waals surface area contributed by atoms with E-state index in [1.165, 1.54) is 0 Å². The number of hydrogen-bond donors (Lipinski definition) is 3. The van der Waals surface area contributed by atoms with Gasteiger partial charge in [0.1, 0.15) is 10.4 Å². The third kappa shape index (κ3) is 2.92. The molecule has 6 nitrogen and oxygen atoms in total. The van der Waals surface area contributed by atoms with E-state index in [0.717, 1.165) is 37.0 Å². The van der Waals surface area contributed by atoms with Crippen LogP contribution in [0.2, 0.25) is 0 Å². The van der Waals surface area contributed by atoms with E-state index in [0.29, 0.717) is 28.5 Å². The lowest BCUT2D eigenvalue weighted by molar-refractivity contribution is -0.145. The molecule has 0 unspecified atom stereocenters. The van der Waals surface area contributed by atoms with Gasteiger partial charge in [-0.1, -0.05) is 37.0 Å². The number of nitrogens with one attached hydrogen (secondary N) is 1. The fourth-order valence-electron chi connectivity index (χ4n) is 2.63. The third-order valence-corrected chi connectivity index (χ3v) is 4.72. The Hall–Kier alpha value is -1.63. The van der Waals surface area contributed by atoms with Crippen molar-refractivity contribution in [1.29, 1.82) is 0 Å². The van der Waals surface area contributed by atoms with Crippen LogP contribution in [-0.2, 0) is 4.79 Å². The first-order chi connectivity index (χ1) is 9.44. The van der Waals surface area contributed by atoms with Crippen molar-refractivity contribution in [2.24, 2.45) is 0 Å². The number of carbonyl (C=O) groups is 2. The Balaban J connectivity index is 2.21. The molecule has 0 atom stereocenters. The van der Waals surface area contributed by atoms with E-state index in [1.54, 1.807) is 6.92 Å². The summed E-state index contributed by atoms with van der Waals surface area (Å²) in [6, 6.07) is 0. The molecule has 1 aliphatic rings. The molecule has 2 rings (SSSR count). The van der Waals surface area contributed by atoms with Gasteiger partial charge in [-0.3, -0.25) is 4.79 Å². The van der Waals surface area contributed by atoms with Gasteiger partial charge < -0.3 is 16.2 Å². The van der Waals surface area contributed by atoms with Crippen molar-refractivity contribution in [2.45, 2.75) is 51.0 Å². The minimum atomic E-state index is -1.15. The summed E-state index contributed by atoms with van der Waals surface area (Å²) in [6.07, 6.45) is 4.60. The van der Waals surface area contributed by atoms with Gasteiger partial charge in [0.25, 0.3) is 5.91 Å². The second-order valence-corrected chi connectivity index (χ2v) is 6.25. The van der Waals surface area contributed by atoms with Crippen LogP contribution in [0.1, 0.15) is 53.9 Å². The Labute approximate surface area is 121 Å². The molecule has 1 aliphatic carbocycles. The fourth-order valence-corrected chi connectivity index (χ4v) is 3.36. The van der Waals surface area contributed by atoms with Crippen LogP contribution in [-0.4, -0.2) is 27.5 Å². The van der Waals surface area contributed by atoms with Gasteiger partial charge in [-0.15, -0.1) is 0 Å². The number of amides is 1. The molecule has 0 saturated heterocycles. The molecule has 7 heteroatoms. The van der Waals surface area contributed by atoms with Gasteiger partial charge in [-0.2, -0.15) is 0 Å². The van der Waals surface area contributed by atoms with Crippen molar-refractivity contribution in [3.63, 3.8) is 0 Å². The molecule has 1 fully saturated rings. The van der Waals surface area contributed by atoms with Crippen LogP contribution in [0.15, 0.2) is 0 Å². The van der Waals surface area contributed by atoms with Gasteiger partial charge in [-0.25, -0.2) is 9.78 Å². The Morgan fingerprint density at radius 2 is 1.90 bits per heavy atom. The molecule has 110 valence electrons. The molecule has 1 aromatic heterocycles. The summed E-state index contributed by atoms with van der Waals surface area (Å²) >= 11 is 1.09. The Morgan fingerprint density at radius 1 is 1.30 bits per heavy atom. The van der Waals surface area contributed by atoms with E-state index in [9.17, 15) is 14.7 Å². The highest BCUT2D eigenvalue weighted by Crippen LogP contribution is 2.29. The molecule has 20 heavy (non-hydrogen) atoms. The van der Waals surface area contributed by atoms with E-state index in [4.69, 9.17) is 5.73 Å². The van der Waals surface area contributed by atoms with E-state index < -0.39 is 11.5 Å². The number of carboxylic acid groups (broad SMARTS) is 1. The van der Waals surface area contributed by atoms with Crippen molar-refractivity contribution in [3.05, 3.63) is 10.6 Å². The highest BCUT2D eigenvalue weighted by Gasteiger charge is 2.40. The summed E-state index contributed by atoms with van der Waals surface area (Å²) in [5, 5.41) is 12.6. The quantitative estimate of drug-likeness (QED) is 0.739. The van der Waals surface area contributed by atoms with Crippen molar-refractivity contribution >= 4 is 28.3 Å². The highest BCUT2D eigenvalue weighted by molar-refractivity contribution is 7.17. The lowest BCUT2D eigenvalue weighted by atomic mass is 9.90. The smallest absolute Gasteiger partial charge is 0.329 e. The lowest BCUT2D eigenvalue weighted by Crippen LogP contribution is -2.54. The fraction of sp³-hybridized carbons (Fsp3) is 0.615. The molecule has 0 aromatic carbocycles. The van der Waals surface area contributed by atoms with Crippen molar-refractivity contribution in [2.75, 3.05) is 5.73 Å². The number of thiazole rings is 1. The topological polar surface area (TPSA) is 105 Å². The summed E-state index contributed by atoms with van der Waals surface area (Å²) < 4.78 is 0. The summed E-state index contributed by atoms with van der Waals surface area (Å²) in [5.74, 6) is -1.34. The van der Waals surface area contributed by atoms with Crippen LogP contribution in [0, 0.1) is 6.92 Å². The van der Waals surface area contributed by atoms with Crippen LogP contribution in [0.5, 0.6) is 0 Å². The maximum atomic E-state index is 12.3. The largest absolute Gasteiger partial charge is 0.480 e. The number of anilines is 1. The van der Waals surface area contributed by atoms with Gasteiger partial charge in [0.05, 0.1) is 5.69 Å². The Morgan fingerprint density at radius 3 is 2.35 bits per heavy atom. The minimum Gasteiger partial charge on any atom is -0.480 e. The van der Waals surface area contributed by atoms with E-state index in [2.05, 4.69) is 10.3 Å². The molecular formula is C13H19N3O3S. The second-order valence-electron chi connectivity index (χ2n) is 5.22. The molecular weight excluding hydrogens is 278 g/mol. The number of nitrogens with zero attached hydrogens (tertiary/aromatic N) is 1. The van der Waals surface area contributed by atoms with E-state index in [1.807, 2.05) is 0 Å². The number of carboxylic acids is 1. The van der Waals surface area contributed by atoms with Gasteiger partial charge >= 0.3 is 5.97 Å². The van der Waals surface area contributed by atoms with E-state index >= 15 is 0 Å². The number of hydrogen-bond acceptors (Lipinski definition) is 5. The average molecular weight is 297 g/mol. The second kappa shape index (κ2) is 5.78. The first-order valence-corrected chi connectivity index (χ1v) is 7.55. The van der Waals surface area contributed by atoms with Crippen LogP contribution in [0.4, 0.5) is 5.13 Å². The molecule has 1 heterocycles. The summed E-state index contributed by atoms with van der Waals surface area (Å²) in [7, 11) is 0. The summed E-state index contributed by atoms with van der Waals surface area (Å²) in [6.45, 7) is 1.70. The first kappa shape index (κ1) is 14.8. The third-order valence-electron chi connectivity index (χ3n) is 3.74. The normalized spacial score (nSPS) is 18.2. The summed E-state index contributed by atoms with van der Waals surface area (Å²) in [4.78, 5) is 28.3. The van der Waals surface area contributed by atoms with Crippen molar-refractivity contribution in [1.82, 2.24) is 10.3 Å². The van der Waals surface area contributed by atoms with Gasteiger partial charge in [-0.05, 0) is 19.8 Å². The van der Waals surface area contributed by atoms with E-state index in [-0.39, 0.29) is 5.91 Å². The maximum Gasteiger partial charge on any atom is 0.329 e. The highest BCUT2D eigenvalue weighted by atomic mass is 32.1. The van der Waals surface area contributed by atoms with Crippen LogP contribution >= 0.6 is 11.3 Å². The molecule has 0 bridgehead atoms. The molecule has 1 amide bonds. The number of aryl methyl sites for hydroxylation is 1. The monoisotopic (exact) mass is 297 g/mol. The van der Waals surface area contributed by atoms with Gasteiger partial charge in [0, 0.05) is 0 Å². The molecule has 1 aromatic rings. The Bertz CT molecular complexity index is 519. The van der Waals surface area contributed by atoms with Crippen molar-refractivity contribution < 1.29 is 14.7 Å². The number of nitrogens with two attached hydrogens (primary N) is 1. The van der Waals surface area contributed by atoms with Crippen LogP contribution in [0.25, 0.3) is 0 Å². The number of rotatable bonds is 3. The number of aliphatic carboxylic acids is 1.